The molecule has 0 bridgehead atoms. The third-order valence-corrected chi connectivity index (χ3v) is 8.77. The van der Waals surface area contributed by atoms with E-state index in [1.165, 1.54) is 12.8 Å². The molecule has 0 unspecified atom stereocenters. The van der Waals surface area contributed by atoms with Gasteiger partial charge in [0, 0.05) is 41.0 Å². The molecule has 1 aromatic rings. The van der Waals surface area contributed by atoms with E-state index in [9.17, 15) is 4.57 Å². The second-order valence-corrected chi connectivity index (χ2v) is 10.2. The van der Waals surface area contributed by atoms with Crippen LogP contribution in [0.5, 0.6) is 0 Å². The highest BCUT2D eigenvalue weighted by Gasteiger charge is 2.56. The molecule has 1 heterocycles. The van der Waals surface area contributed by atoms with Crippen LogP contribution < -0.4 is 0 Å². The first-order chi connectivity index (χ1) is 11.9. The summed E-state index contributed by atoms with van der Waals surface area (Å²) in [6.07, 6.45) is 6.36. The number of fused-ring (bicyclic) bond motifs is 1. The standard InChI is InChI=1S/C19H29ClN3OP/c1-14(2)22-18-11-7-8-12-19(18)23(15(3)4)25(22,24)21-13-16-9-5-6-10-17(16)20/h5-6,9-10,13-15,18-19H,7-8,11-12H2,1-4H3/b21-13+/t18-,19-/m1/s1. The van der Waals surface area contributed by atoms with Crippen molar-refractivity contribution < 1.29 is 4.57 Å². The maximum absolute atomic E-state index is 14.2. The van der Waals surface area contributed by atoms with E-state index in [0.29, 0.717) is 17.1 Å². The van der Waals surface area contributed by atoms with Gasteiger partial charge in [-0.2, -0.15) is 0 Å². The highest BCUT2D eigenvalue weighted by Crippen LogP contribution is 2.66. The maximum atomic E-state index is 14.2. The molecule has 1 saturated heterocycles. The summed E-state index contributed by atoms with van der Waals surface area (Å²) in [5, 5.41) is 0.640. The van der Waals surface area contributed by atoms with Crippen LogP contribution in [0.4, 0.5) is 0 Å². The van der Waals surface area contributed by atoms with Gasteiger partial charge in [-0.15, -0.1) is 0 Å². The molecule has 2 fully saturated rings. The molecule has 1 aromatic carbocycles. The molecule has 3 rings (SSSR count). The first-order valence-electron chi connectivity index (χ1n) is 9.34. The van der Waals surface area contributed by atoms with Crippen molar-refractivity contribution in [2.75, 3.05) is 0 Å². The van der Waals surface area contributed by atoms with Gasteiger partial charge < -0.3 is 0 Å². The van der Waals surface area contributed by atoms with Crippen LogP contribution in [0.15, 0.2) is 29.0 Å². The summed E-state index contributed by atoms with van der Waals surface area (Å²) >= 11 is 6.27. The number of benzene rings is 1. The lowest BCUT2D eigenvalue weighted by Gasteiger charge is -2.33. The van der Waals surface area contributed by atoms with Gasteiger partial charge in [0.15, 0.2) is 0 Å². The largest absolute Gasteiger partial charge is 0.330 e. The number of hydrogen-bond donors (Lipinski definition) is 0. The first-order valence-corrected chi connectivity index (χ1v) is 11.3. The van der Waals surface area contributed by atoms with Crippen molar-refractivity contribution >= 4 is 25.4 Å². The van der Waals surface area contributed by atoms with Crippen LogP contribution >= 0.6 is 19.2 Å². The molecule has 0 amide bonds. The van der Waals surface area contributed by atoms with E-state index < -0.39 is 7.59 Å². The minimum atomic E-state index is -3.02. The van der Waals surface area contributed by atoms with Gasteiger partial charge in [-0.1, -0.05) is 42.6 Å². The fourth-order valence-electron chi connectivity index (χ4n) is 4.42. The molecule has 6 heteroatoms. The predicted octanol–water partition coefficient (Wildman–Crippen LogP) is 5.61. The fraction of sp³-hybridized carbons (Fsp3) is 0.632. The van der Waals surface area contributed by atoms with Crippen molar-refractivity contribution in [3.63, 3.8) is 0 Å². The Labute approximate surface area is 156 Å². The van der Waals surface area contributed by atoms with Gasteiger partial charge in [0.25, 0.3) is 0 Å². The summed E-state index contributed by atoms with van der Waals surface area (Å²) in [6.45, 7) is 8.53. The Kier molecular flexibility index (Phi) is 5.75. The van der Waals surface area contributed by atoms with E-state index in [0.717, 1.165) is 18.4 Å². The van der Waals surface area contributed by atoms with Gasteiger partial charge in [0.05, 0.1) is 0 Å². The zero-order valence-corrected chi connectivity index (χ0v) is 17.3. The van der Waals surface area contributed by atoms with E-state index in [-0.39, 0.29) is 12.1 Å². The molecule has 0 aromatic heterocycles. The molecular formula is C19H29ClN3OP. The van der Waals surface area contributed by atoms with E-state index >= 15 is 0 Å². The molecular weight excluding hydrogens is 353 g/mol. The van der Waals surface area contributed by atoms with E-state index in [1.807, 2.05) is 24.3 Å². The monoisotopic (exact) mass is 381 g/mol. The van der Waals surface area contributed by atoms with Gasteiger partial charge in [0.2, 0.25) is 0 Å². The third kappa shape index (κ3) is 3.47. The summed E-state index contributed by atoms with van der Waals surface area (Å²) in [7, 11) is -3.02. The van der Waals surface area contributed by atoms with Crippen LogP contribution in [0.25, 0.3) is 0 Å². The van der Waals surface area contributed by atoms with E-state index in [4.69, 9.17) is 16.4 Å². The summed E-state index contributed by atoms with van der Waals surface area (Å²) in [5.74, 6) is 0. The molecule has 25 heavy (non-hydrogen) atoms. The first kappa shape index (κ1) is 19.1. The quantitative estimate of drug-likeness (QED) is 0.502. The van der Waals surface area contributed by atoms with Crippen LogP contribution in [-0.2, 0) is 4.57 Å². The Morgan fingerprint density at radius 3 is 2.08 bits per heavy atom. The molecule has 2 atom stereocenters. The van der Waals surface area contributed by atoms with Crippen molar-refractivity contribution in [1.29, 1.82) is 0 Å². The Bertz CT molecular complexity index is 663. The lowest BCUT2D eigenvalue weighted by molar-refractivity contribution is 0.173. The zero-order chi connectivity index (χ0) is 18.2. The van der Waals surface area contributed by atoms with Crippen LogP contribution in [-0.4, -0.2) is 39.7 Å². The number of halogens is 1. The molecule has 138 valence electrons. The van der Waals surface area contributed by atoms with Crippen molar-refractivity contribution in [2.45, 2.75) is 77.5 Å². The van der Waals surface area contributed by atoms with Crippen LogP contribution in [0.3, 0.4) is 0 Å². The van der Waals surface area contributed by atoms with Gasteiger partial charge in [-0.25, -0.2) is 14.1 Å². The number of rotatable bonds is 4. The highest BCUT2D eigenvalue weighted by molar-refractivity contribution is 7.58. The molecule has 1 aliphatic heterocycles. The third-order valence-electron chi connectivity index (χ3n) is 5.29. The van der Waals surface area contributed by atoms with Gasteiger partial charge in [-0.3, -0.25) is 4.57 Å². The predicted molar refractivity (Wildman–Crippen MR) is 107 cm³/mol. The van der Waals surface area contributed by atoms with Crippen LogP contribution in [0.2, 0.25) is 5.02 Å². The van der Waals surface area contributed by atoms with E-state index in [1.54, 1.807) is 6.21 Å². The van der Waals surface area contributed by atoms with Crippen molar-refractivity contribution in [2.24, 2.45) is 4.76 Å². The van der Waals surface area contributed by atoms with Gasteiger partial charge in [0.1, 0.15) is 0 Å². The normalized spacial score (nSPS) is 27.5. The Balaban J connectivity index is 2.04. The van der Waals surface area contributed by atoms with Crippen molar-refractivity contribution in [1.82, 2.24) is 9.34 Å². The SMILES string of the molecule is CC(C)N1[C@@H]2CCCC[C@H]2N(C(C)C)P1(=O)/N=C/c1ccccc1Cl. The second-order valence-electron chi connectivity index (χ2n) is 7.65. The molecule has 0 N–H and O–H groups in total. The Morgan fingerprint density at radius 1 is 1.08 bits per heavy atom. The van der Waals surface area contributed by atoms with Gasteiger partial charge >= 0.3 is 7.59 Å². The topological polar surface area (TPSA) is 35.9 Å². The van der Waals surface area contributed by atoms with E-state index in [2.05, 4.69) is 37.0 Å². The molecule has 2 aliphatic rings. The molecule has 1 saturated carbocycles. The average molecular weight is 382 g/mol. The van der Waals surface area contributed by atoms with Gasteiger partial charge in [-0.05, 0) is 46.6 Å². The second kappa shape index (κ2) is 7.52. The lowest BCUT2D eigenvalue weighted by Crippen LogP contribution is -2.43. The number of hydrogen-bond acceptors (Lipinski definition) is 1. The zero-order valence-electron chi connectivity index (χ0n) is 15.6. The van der Waals surface area contributed by atoms with Crippen LogP contribution in [0.1, 0.15) is 58.9 Å². The smallest absolute Gasteiger partial charge is 0.262 e. The average Bonchev–Trinajstić information content (AvgIpc) is 2.82. The highest BCUT2D eigenvalue weighted by atomic mass is 35.5. The number of nitrogens with zero attached hydrogens (tertiary/aromatic N) is 3. The summed E-state index contributed by atoms with van der Waals surface area (Å²) in [6, 6.07) is 8.65. The Morgan fingerprint density at radius 2 is 1.60 bits per heavy atom. The van der Waals surface area contributed by atoms with Crippen molar-refractivity contribution in [3.8, 4) is 0 Å². The lowest BCUT2D eigenvalue weighted by atomic mass is 9.89. The summed E-state index contributed by atoms with van der Waals surface area (Å²) in [5.41, 5.74) is 0.821. The minimum absolute atomic E-state index is 0.198. The molecule has 0 radical (unpaired) electrons. The maximum Gasteiger partial charge on any atom is 0.330 e. The minimum Gasteiger partial charge on any atom is -0.262 e. The summed E-state index contributed by atoms with van der Waals surface area (Å²) < 4.78 is 23.3. The van der Waals surface area contributed by atoms with Crippen LogP contribution in [0, 0.1) is 0 Å². The molecule has 4 nitrogen and oxygen atoms in total. The summed E-state index contributed by atoms with van der Waals surface area (Å²) in [4.78, 5) is 0. The molecule has 1 aliphatic carbocycles. The Hall–Kier alpha value is -0.670. The molecule has 0 spiro atoms. The van der Waals surface area contributed by atoms with Crippen molar-refractivity contribution in [3.05, 3.63) is 34.9 Å². The fourth-order valence-corrected chi connectivity index (χ4v) is 7.87.